The van der Waals surface area contributed by atoms with Crippen molar-refractivity contribution in [2.45, 2.75) is 13.0 Å². The lowest BCUT2D eigenvalue weighted by atomic mass is 10.1. The standard InChI is InChI=1S/C16H13FN2O2/c1-9(11-4-2-3-5-14(11)17)18-10-6-7-12-13(8-10)16(21)19-15(12)20/h2-9,18H,1H3,(H,19,20,21). The average Bonchev–Trinajstić information content (AvgIpc) is 2.74. The van der Waals surface area contributed by atoms with E-state index in [1.54, 1.807) is 36.4 Å². The molecule has 1 aliphatic rings. The van der Waals surface area contributed by atoms with Gasteiger partial charge in [-0.3, -0.25) is 14.9 Å². The van der Waals surface area contributed by atoms with Gasteiger partial charge in [-0.2, -0.15) is 0 Å². The van der Waals surface area contributed by atoms with Crippen molar-refractivity contribution in [1.29, 1.82) is 0 Å². The maximum absolute atomic E-state index is 13.7. The monoisotopic (exact) mass is 284 g/mol. The Hall–Kier alpha value is -2.69. The van der Waals surface area contributed by atoms with Crippen LogP contribution in [0.25, 0.3) is 0 Å². The summed E-state index contributed by atoms with van der Waals surface area (Å²) in [6, 6.07) is 11.2. The summed E-state index contributed by atoms with van der Waals surface area (Å²) in [7, 11) is 0. The summed E-state index contributed by atoms with van der Waals surface area (Å²) in [6.45, 7) is 1.83. The summed E-state index contributed by atoms with van der Waals surface area (Å²) in [5.41, 5.74) is 1.91. The molecule has 106 valence electrons. The molecule has 0 aromatic heterocycles. The number of anilines is 1. The lowest BCUT2D eigenvalue weighted by molar-refractivity contribution is 0.0879. The Morgan fingerprint density at radius 2 is 1.76 bits per heavy atom. The first kappa shape index (κ1) is 13.3. The molecule has 0 spiro atoms. The van der Waals surface area contributed by atoms with Crippen molar-refractivity contribution in [2.24, 2.45) is 0 Å². The molecule has 1 unspecified atom stereocenters. The van der Waals surface area contributed by atoms with Gasteiger partial charge < -0.3 is 5.32 Å². The molecule has 0 saturated heterocycles. The zero-order chi connectivity index (χ0) is 15.0. The van der Waals surface area contributed by atoms with Crippen LogP contribution in [0.1, 0.15) is 39.2 Å². The van der Waals surface area contributed by atoms with Crippen molar-refractivity contribution in [3.8, 4) is 0 Å². The molecule has 5 heteroatoms. The van der Waals surface area contributed by atoms with E-state index in [2.05, 4.69) is 10.6 Å². The van der Waals surface area contributed by atoms with Gasteiger partial charge in [0.15, 0.2) is 0 Å². The average molecular weight is 284 g/mol. The van der Waals surface area contributed by atoms with Gasteiger partial charge in [-0.25, -0.2) is 4.39 Å². The van der Waals surface area contributed by atoms with Crippen LogP contribution in [0.15, 0.2) is 42.5 Å². The van der Waals surface area contributed by atoms with Crippen LogP contribution in [0.3, 0.4) is 0 Å². The molecule has 2 aromatic carbocycles. The Labute approximate surface area is 121 Å². The summed E-state index contributed by atoms with van der Waals surface area (Å²) in [5, 5.41) is 5.37. The fourth-order valence-electron chi connectivity index (χ4n) is 2.41. The lowest BCUT2D eigenvalue weighted by Gasteiger charge is -2.16. The van der Waals surface area contributed by atoms with Crippen LogP contribution < -0.4 is 10.6 Å². The first-order chi connectivity index (χ1) is 10.1. The minimum atomic E-state index is -0.405. The minimum Gasteiger partial charge on any atom is -0.378 e. The number of hydrogen-bond acceptors (Lipinski definition) is 3. The fraction of sp³-hybridized carbons (Fsp3) is 0.125. The van der Waals surface area contributed by atoms with Crippen LogP contribution in [0.2, 0.25) is 0 Å². The van der Waals surface area contributed by atoms with E-state index >= 15 is 0 Å². The Morgan fingerprint density at radius 3 is 2.52 bits per heavy atom. The molecule has 1 atom stereocenters. The van der Waals surface area contributed by atoms with E-state index in [4.69, 9.17) is 0 Å². The maximum Gasteiger partial charge on any atom is 0.259 e. The summed E-state index contributed by atoms with van der Waals surface area (Å²) in [5.74, 6) is -1.08. The molecule has 0 bridgehead atoms. The molecular formula is C16H13FN2O2. The third-order valence-electron chi connectivity index (χ3n) is 3.49. The zero-order valence-electron chi connectivity index (χ0n) is 11.3. The molecule has 2 N–H and O–H groups in total. The van der Waals surface area contributed by atoms with Crippen LogP contribution in [-0.4, -0.2) is 11.8 Å². The van der Waals surface area contributed by atoms with Crippen molar-refractivity contribution in [1.82, 2.24) is 5.32 Å². The SMILES string of the molecule is CC(Nc1ccc2c(c1)C(=O)NC2=O)c1ccccc1F. The van der Waals surface area contributed by atoms with Gasteiger partial charge in [0.25, 0.3) is 11.8 Å². The minimum absolute atomic E-state index is 0.260. The number of carbonyl (C=O) groups excluding carboxylic acids is 2. The highest BCUT2D eigenvalue weighted by Crippen LogP contribution is 2.25. The normalized spacial score (nSPS) is 14.6. The molecule has 0 aliphatic carbocycles. The van der Waals surface area contributed by atoms with Crippen LogP contribution in [-0.2, 0) is 0 Å². The van der Waals surface area contributed by atoms with E-state index in [0.29, 0.717) is 22.4 Å². The van der Waals surface area contributed by atoms with Gasteiger partial charge in [0.05, 0.1) is 17.2 Å². The summed E-state index contributed by atoms with van der Waals surface area (Å²) in [4.78, 5) is 23.1. The Kier molecular flexibility index (Phi) is 3.17. The first-order valence-corrected chi connectivity index (χ1v) is 6.57. The van der Waals surface area contributed by atoms with E-state index in [-0.39, 0.29) is 17.8 Å². The van der Waals surface area contributed by atoms with E-state index < -0.39 is 5.91 Å². The highest BCUT2D eigenvalue weighted by Gasteiger charge is 2.26. The number of benzene rings is 2. The van der Waals surface area contributed by atoms with Gasteiger partial charge in [-0.1, -0.05) is 18.2 Å². The molecule has 21 heavy (non-hydrogen) atoms. The van der Waals surface area contributed by atoms with Crippen molar-refractivity contribution in [3.05, 3.63) is 65.0 Å². The van der Waals surface area contributed by atoms with Gasteiger partial charge in [-0.15, -0.1) is 0 Å². The molecule has 1 heterocycles. The molecule has 0 radical (unpaired) electrons. The molecule has 4 nitrogen and oxygen atoms in total. The second-order valence-corrected chi connectivity index (χ2v) is 4.93. The Morgan fingerprint density at radius 1 is 1.05 bits per heavy atom. The molecule has 0 saturated carbocycles. The molecule has 3 rings (SSSR count). The largest absolute Gasteiger partial charge is 0.378 e. The van der Waals surface area contributed by atoms with Crippen molar-refractivity contribution < 1.29 is 14.0 Å². The van der Waals surface area contributed by atoms with E-state index in [1.807, 2.05) is 6.92 Å². The first-order valence-electron chi connectivity index (χ1n) is 6.57. The summed E-state index contributed by atoms with van der Waals surface area (Å²) in [6.07, 6.45) is 0. The van der Waals surface area contributed by atoms with E-state index in [0.717, 1.165) is 0 Å². The van der Waals surface area contributed by atoms with Gasteiger partial charge >= 0.3 is 0 Å². The van der Waals surface area contributed by atoms with Crippen LogP contribution in [0.4, 0.5) is 10.1 Å². The number of carbonyl (C=O) groups is 2. The predicted octanol–water partition coefficient (Wildman–Crippen LogP) is 2.88. The van der Waals surface area contributed by atoms with Gasteiger partial charge in [0.1, 0.15) is 5.82 Å². The lowest BCUT2D eigenvalue weighted by Crippen LogP contribution is -2.19. The van der Waals surface area contributed by atoms with Crippen LogP contribution in [0, 0.1) is 5.82 Å². The third-order valence-corrected chi connectivity index (χ3v) is 3.49. The predicted molar refractivity (Wildman–Crippen MR) is 76.7 cm³/mol. The van der Waals surface area contributed by atoms with Crippen molar-refractivity contribution >= 4 is 17.5 Å². The number of halogens is 1. The molecule has 1 aliphatic heterocycles. The van der Waals surface area contributed by atoms with E-state index in [1.165, 1.54) is 6.07 Å². The molecular weight excluding hydrogens is 271 g/mol. The third kappa shape index (κ3) is 2.38. The maximum atomic E-state index is 13.7. The van der Waals surface area contributed by atoms with Gasteiger partial charge in [-0.05, 0) is 31.2 Å². The summed E-state index contributed by atoms with van der Waals surface area (Å²) >= 11 is 0. The Bertz CT molecular complexity index is 743. The topological polar surface area (TPSA) is 58.2 Å². The molecule has 2 amide bonds. The zero-order valence-corrected chi connectivity index (χ0v) is 11.3. The Balaban J connectivity index is 1.86. The second-order valence-electron chi connectivity index (χ2n) is 4.93. The number of rotatable bonds is 3. The quantitative estimate of drug-likeness (QED) is 0.852. The van der Waals surface area contributed by atoms with Gasteiger partial charge in [0, 0.05) is 11.3 Å². The van der Waals surface area contributed by atoms with Crippen LogP contribution >= 0.6 is 0 Å². The molecule has 0 fully saturated rings. The summed E-state index contributed by atoms with van der Waals surface area (Å²) < 4.78 is 13.7. The number of amides is 2. The number of imide groups is 1. The smallest absolute Gasteiger partial charge is 0.259 e. The highest BCUT2D eigenvalue weighted by molar-refractivity contribution is 6.21. The number of fused-ring (bicyclic) bond motifs is 1. The second kappa shape index (κ2) is 5.01. The van der Waals surface area contributed by atoms with Crippen molar-refractivity contribution in [3.63, 3.8) is 0 Å². The van der Waals surface area contributed by atoms with Crippen LogP contribution in [0.5, 0.6) is 0 Å². The molecule has 2 aromatic rings. The van der Waals surface area contributed by atoms with Gasteiger partial charge in [0.2, 0.25) is 0 Å². The number of hydrogen-bond donors (Lipinski definition) is 2. The number of nitrogens with one attached hydrogen (secondary N) is 2. The van der Waals surface area contributed by atoms with E-state index in [9.17, 15) is 14.0 Å². The fourth-order valence-corrected chi connectivity index (χ4v) is 2.41. The van der Waals surface area contributed by atoms with Crippen molar-refractivity contribution in [2.75, 3.05) is 5.32 Å². The highest BCUT2D eigenvalue weighted by atomic mass is 19.1.